The summed E-state index contributed by atoms with van der Waals surface area (Å²) in [6.45, 7) is 5.44. The molecule has 0 bridgehead atoms. The van der Waals surface area contributed by atoms with Gasteiger partial charge in [0.25, 0.3) is 6.47 Å². The highest BCUT2D eigenvalue weighted by molar-refractivity contribution is 5.69. The zero-order valence-corrected chi connectivity index (χ0v) is 20.5. The van der Waals surface area contributed by atoms with Crippen molar-refractivity contribution < 1.29 is 19.1 Å². The molecule has 0 saturated carbocycles. The summed E-state index contributed by atoms with van der Waals surface area (Å²) in [5, 5.41) is 0. The molecule has 0 radical (unpaired) electrons. The quantitative estimate of drug-likeness (QED) is 0.0748. The normalized spacial score (nSPS) is 11.3. The Morgan fingerprint density at radius 1 is 0.742 bits per heavy atom. The average Bonchev–Trinajstić information content (AvgIpc) is 2.77. The van der Waals surface area contributed by atoms with E-state index in [1.807, 2.05) is 7.05 Å². The maximum Gasteiger partial charge on any atom is 0.305 e. The fourth-order valence-electron chi connectivity index (χ4n) is 3.51. The van der Waals surface area contributed by atoms with E-state index in [1.54, 1.807) is 0 Å². The van der Waals surface area contributed by atoms with Crippen molar-refractivity contribution >= 4 is 12.4 Å². The number of hydrogen-bond donors (Lipinski definition) is 0. The van der Waals surface area contributed by atoms with E-state index < -0.39 is 0 Å². The molecule has 0 spiro atoms. The van der Waals surface area contributed by atoms with Crippen LogP contribution in [-0.2, 0) is 19.1 Å². The van der Waals surface area contributed by atoms with Crippen molar-refractivity contribution in [3.63, 3.8) is 0 Å². The van der Waals surface area contributed by atoms with Crippen LogP contribution in [-0.4, -0.2) is 50.7 Å². The Bertz CT molecular complexity index is 426. The number of nitrogens with zero attached hydrogens (tertiary/aromatic N) is 1. The number of rotatable bonds is 24. The van der Waals surface area contributed by atoms with E-state index in [-0.39, 0.29) is 5.97 Å². The Balaban J connectivity index is 3.30. The van der Waals surface area contributed by atoms with Crippen LogP contribution in [0.25, 0.3) is 0 Å². The maximum absolute atomic E-state index is 11.8. The van der Waals surface area contributed by atoms with Crippen molar-refractivity contribution in [1.29, 1.82) is 0 Å². The molecule has 0 aromatic heterocycles. The molecule has 0 aliphatic rings. The van der Waals surface area contributed by atoms with Crippen LogP contribution >= 0.6 is 0 Å². The van der Waals surface area contributed by atoms with Gasteiger partial charge in [0.1, 0.15) is 0 Å². The molecule has 0 saturated heterocycles. The summed E-state index contributed by atoms with van der Waals surface area (Å²) < 4.78 is 9.97. The predicted molar refractivity (Wildman–Crippen MR) is 129 cm³/mol. The van der Waals surface area contributed by atoms with E-state index in [1.165, 1.54) is 70.6 Å². The van der Waals surface area contributed by atoms with Crippen LogP contribution < -0.4 is 0 Å². The zero-order valence-electron chi connectivity index (χ0n) is 20.5. The van der Waals surface area contributed by atoms with Crippen LogP contribution in [0, 0.1) is 0 Å². The molecule has 0 aromatic rings. The smallest absolute Gasteiger partial charge is 0.305 e. The first-order valence-corrected chi connectivity index (χ1v) is 12.7. The highest BCUT2D eigenvalue weighted by Crippen LogP contribution is 2.10. The van der Waals surface area contributed by atoms with Gasteiger partial charge in [-0.2, -0.15) is 0 Å². The molecule has 5 heteroatoms. The second-order valence-corrected chi connectivity index (χ2v) is 8.53. The fourth-order valence-corrected chi connectivity index (χ4v) is 3.51. The second-order valence-electron chi connectivity index (χ2n) is 8.53. The summed E-state index contributed by atoms with van der Waals surface area (Å²) in [5.41, 5.74) is 0. The molecule has 0 N–H and O–H groups in total. The van der Waals surface area contributed by atoms with E-state index in [4.69, 9.17) is 4.74 Å². The highest BCUT2D eigenvalue weighted by Gasteiger charge is 2.04. The van der Waals surface area contributed by atoms with Gasteiger partial charge in [0, 0.05) is 19.5 Å². The number of hydrogen-bond acceptors (Lipinski definition) is 5. The number of ether oxygens (including phenoxy) is 2. The van der Waals surface area contributed by atoms with Crippen molar-refractivity contribution in [2.75, 3.05) is 33.4 Å². The molecule has 31 heavy (non-hydrogen) atoms. The summed E-state index contributed by atoms with van der Waals surface area (Å²) in [4.78, 5) is 24.0. The molecule has 182 valence electrons. The van der Waals surface area contributed by atoms with Crippen molar-refractivity contribution in [1.82, 2.24) is 4.90 Å². The molecule has 0 rings (SSSR count). The summed E-state index contributed by atoms with van der Waals surface area (Å²) in [7, 11) is 2.02. The number of unbranched alkanes of at least 4 members (excludes halogenated alkanes) is 11. The molecule has 0 aromatic carbocycles. The van der Waals surface area contributed by atoms with Crippen LogP contribution in [0.1, 0.15) is 110 Å². The predicted octanol–water partition coefficient (Wildman–Crippen LogP) is 6.45. The lowest BCUT2D eigenvalue weighted by atomic mass is 10.1. The maximum atomic E-state index is 11.8. The zero-order chi connectivity index (χ0) is 22.8. The molecule has 0 heterocycles. The Hall–Kier alpha value is -1.36. The number of carbonyl (C=O) groups excluding carboxylic acids is 2. The van der Waals surface area contributed by atoms with Crippen molar-refractivity contribution in [2.24, 2.45) is 0 Å². The summed E-state index contributed by atoms with van der Waals surface area (Å²) in [5.74, 6) is -0.0698. The molecule has 0 amide bonds. The highest BCUT2D eigenvalue weighted by atomic mass is 16.5. The van der Waals surface area contributed by atoms with Gasteiger partial charge in [-0.25, -0.2) is 0 Å². The van der Waals surface area contributed by atoms with Crippen molar-refractivity contribution in [2.45, 2.75) is 110 Å². The fraction of sp³-hybridized carbons (Fsp3) is 0.846. The van der Waals surface area contributed by atoms with Gasteiger partial charge in [-0.05, 0) is 52.0 Å². The first kappa shape index (κ1) is 29.6. The third-order valence-electron chi connectivity index (χ3n) is 5.46. The summed E-state index contributed by atoms with van der Waals surface area (Å²) >= 11 is 0. The molecular formula is C26H49NO4. The van der Waals surface area contributed by atoms with Crippen LogP contribution in [0.3, 0.4) is 0 Å². The molecular weight excluding hydrogens is 390 g/mol. The molecule has 0 unspecified atom stereocenters. The molecule has 0 atom stereocenters. The van der Waals surface area contributed by atoms with Gasteiger partial charge < -0.3 is 14.4 Å². The second kappa shape index (κ2) is 24.9. The summed E-state index contributed by atoms with van der Waals surface area (Å²) in [6.07, 6.45) is 23.3. The standard InChI is InChI=1S/C26H49NO4/c1-3-4-5-6-7-8-9-10-11-12-13-14-15-16-17-20-26(29)31-24-19-22-27(2)21-18-23-30-25-28/h10-11,25H,3-9,12-24H2,1-2H3/b11-10-. The van der Waals surface area contributed by atoms with Crippen molar-refractivity contribution in [3.05, 3.63) is 12.2 Å². The van der Waals surface area contributed by atoms with Crippen molar-refractivity contribution in [3.8, 4) is 0 Å². The van der Waals surface area contributed by atoms with Gasteiger partial charge in [0.15, 0.2) is 0 Å². The van der Waals surface area contributed by atoms with Crippen LogP contribution in [0.5, 0.6) is 0 Å². The minimum Gasteiger partial charge on any atom is -0.468 e. The van der Waals surface area contributed by atoms with Gasteiger partial charge in [-0.1, -0.05) is 70.4 Å². The van der Waals surface area contributed by atoms with Gasteiger partial charge in [-0.3, -0.25) is 9.59 Å². The number of allylic oxidation sites excluding steroid dienone is 2. The van der Waals surface area contributed by atoms with E-state index in [0.29, 0.717) is 26.1 Å². The topological polar surface area (TPSA) is 55.8 Å². The first-order chi connectivity index (χ1) is 15.2. The Kier molecular flexibility index (Phi) is 23.8. The largest absolute Gasteiger partial charge is 0.468 e. The third kappa shape index (κ3) is 24.8. The lowest BCUT2D eigenvalue weighted by Gasteiger charge is -2.15. The monoisotopic (exact) mass is 439 g/mol. The minimum atomic E-state index is -0.0698. The summed E-state index contributed by atoms with van der Waals surface area (Å²) in [6, 6.07) is 0. The van der Waals surface area contributed by atoms with E-state index in [9.17, 15) is 9.59 Å². The van der Waals surface area contributed by atoms with Gasteiger partial charge in [-0.15, -0.1) is 0 Å². The van der Waals surface area contributed by atoms with Gasteiger partial charge in [0.05, 0.1) is 13.2 Å². The number of carbonyl (C=O) groups is 2. The lowest BCUT2D eigenvalue weighted by molar-refractivity contribution is -0.144. The Labute approximate surface area is 191 Å². The van der Waals surface area contributed by atoms with E-state index in [0.717, 1.165) is 38.8 Å². The van der Waals surface area contributed by atoms with Crippen LogP contribution in [0.15, 0.2) is 12.2 Å². The van der Waals surface area contributed by atoms with E-state index in [2.05, 4.69) is 28.7 Å². The molecule has 0 fully saturated rings. The van der Waals surface area contributed by atoms with Crippen LogP contribution in [0.2, 0.25) is 0 Å². The van der Waals surface area contributed by atoms with E-state index >= 15 is 0 Å². The average molecular weight is 440 g/mol. The lowest BCUT2D eigenvalue weighted by Crippen LogP contribution is -2.23. The SMILES string of the molecule is CCCCCCCC/C=C\CCCCCCCC(=O)OCCCN(C)CCCOC=O. The number of esters is 1. The van der Waals surface area contributed by atoms with Gasteiger partial charge in [0.2, 0.25) is 0 Å². The molecule has 0 aliphatic heterocycles. The van der Waals surface area contributed by atoms with Gasteiger partial charge >= 0.3 is 5.97 Å². The third-order valence-corrected chi connectivity index (χ3v) is 5.46. The Morgan fingerprint density at radius 3 is 1.90 bits per heavy atom. The first-order valence-electron chi connectivity index (χ1n) is 12.7. The molecule has 0 aliphatic carbocycles. The minimum absolute atomic E-state index is 0.0698. The Morgan fingerprint density at radius 2 is 1.29 bits per heavy atom. The molecule has 5 nitrogen and oxygen atoms in total. The van der Waals surface area contributed by atoms with Crippen LogP contribution in [0.4, 0.5) is 0 Å².